The Hall–Kier alpha value is -3.48. The summed E-state index contributed by atoms with van der Waals surface area (Å²) in [5, 5.41) is 20.3. The molecule has 0 aliphatic heterocycles. The van der Waals surface area contributed by atoms with E-state index in [1.807, 2.05) is 0 Å². The molecular formula is C17H12FNO5. The van der Waals surface area contributed by atoms with Gasteiger partial charge in [-0.1, -0.05) is 12.1 Å². The molecule has 0 heterocycles. The largest absolute Gasteiger partial charge is 0.478 e. The van der Waals surface area contributed by atoms with Crippen LogP contribution < -0.4 is 5.32 Å². The van der Waals surface area contributed by atoms with Crippen LogP contribution in [0, 0.1) is 5.82 Å². The van der Waals surface area contributed by atoms with Crippen LogP contribution in [0.1, 0.15) is 26.3 Å². The van der Waals surface area contributed by atoms with Gasteiger partial charge in [0.25, 0.3) is 0 Å². The van der Waals surface area contributed by atoms with Crippen LogP contribution in [0.25, 0.3) is 6.08 Å². The summed E-state index contributed by atoms with van der Waals surface area (Å²) in [4.78, 5) is 33.8. The van der Waals surface area contributed by atoms with Crippen LogP contribution in [0.2, 0.25) is 0 Å². The van der Waals surface area contributed by atoms with E-state index >= 15 is 0 Å². The van der Waals surface area contributed by atoms with Gasteiger partial charge in [0.15, 0.2) is 0 Å². The minimum Gasteiger partial charge on any atom is -0.478 e. The highest BCUT2D eigenvalue weighted by atomic mass is 19.1. The summed E-state index contributed by atoms with van der Waals surface area (Å²) in [5.74, 6) is -3.69. The lowest BCUT2D eigenvalue weighted by molar-refractivity contribution is -0.111. The summed E-state index contributed by atoms with van der Waals surface area (Å²) in [7, 11) is 0. The molecule has 0 saturated heterocycles. The predicted molar refractivity (Wildman–Crippen MR) is 84.4 cm³/mol. The van der Waals surface area contributed by atoms with Crippen molar-refractivity contribution in [1.82, 2.24) is 0 Å². The van der Waals surface area contributed by atoms with Crippen molar-refractivity contribution in [2.45, 2.75) is 0 Å². The number of carboxylic acids is 2. The van der Waals surface area contributed by atoms with Crippen LogP contribution in [0.15, 0.2) is 48.5 Å². The van der Waals surface area contributed by atoms with E-state index in [4.69, 9.17) is 10.2 Å². The first-order valence-electron chi connectivity index (χ1n) is 6.71. The van der Waals surface area contributed by atoms with E-state index in [2.05, 4.69) is 5.32 Å². The minimum atomic E-state index is -1.32. The van der Waals surface area contributed by atoms with Crippen LogP contribution in [-0.2, 0) is 4.79 Å². The van der Waals surface area contributed by atoms with Crippen molar-refractivity contribution in [1.29, 1.82) is 0 Å². The molecule has 0 unspecified atom stereocenters. The topological polar surface area (TPSA) is 104 Å². The molecule has 1 amide bonds. The van der Waals surface area contributed by atoms with Crippen molar-refractivity contribution in [3.05, 3.63) is 71.0 Å². The highest BCUT2D eigenvalue weighted by Crippen LogP contribution is 2.16. The summed E-state index contributed by atoms with van der Waals surface area (Å²) in [6.45, 7) is 0. The Bertz CT molecular complexity index is 812. The van der Waals surface area contributed by atoms with Gasteiger partial charge < -0.3 is 15.5 Å². The molecule has 2 rings (SSSR count). The number of carbonyl (C=O) groups excluding carboxylic acids is 1. The molecule has 0 aliphatic carbocycles. The quantitative estimate of drug-likeness (QED) is 0.732. The molecule has 122 valence electrons. The molecule has 7 heteroatoms. The van der Waals surface area contributed by atoms with Crippen molar-refractivity contribution in [2.24, 2.45) is 0 Å². The lowest BCUT2D eigenvalue weighted by Crippen LogP contribution is -2.10. The fourth-order valence-electron chi connectivity index (χ4n) is 1.91. The summed E-state index contributed by atoms with van der Waals surface area (Å²) in [5.41, 5.74) is -0.0320. The Morgan fingerprint density at radius 3 is 2.12 bits per heavy atom. The normalized spacial score (nSPS) is 10.5. The van der Waals surface area contributed by atoms with Gasteiger partial charge >= 0.3 is 11.9 Å². The molecule has 0 aromatic heterocycles. The molecule has 2 aromatic carbocycles. The van der Waals surface area contributed by atoms with Gasteiger partial charge in [-0.3, -0.25) is 4.79 Å². The first kappa shape index (κ1) is 16.9. The maximum atomic E-state index is 13.0. The van der Waals surface area contributed by atoms with Gasteiger partial charge in [-0.15, -0.1) is 0 Å². The average Bonchev–Trinajstić information content (AvgIpc) is 2.52. The SMILES string of the molecule is O=C(/C=C/c1cccc(F)c1)Nc1cc(C(=O)O)cc(C(=O)O)c1. The second-order valence-corrected chi connectivity index (χ2v) is 4.79. The van der Waals surface area contributed by atoms with E-state index < -0.39 is 23.7 Å². The summed E-state index contributed by atoms with van der Waals surface area (Å²) < 4.78 is 13.0. The van der Waals surface area contributed by atoms with Gasteiger partial charge in [0.05, 0.1) is 11.1 Å². The number of carboxylic acid groups (broad SMARTS) is 2. The summed E-state index contributed by atoms with van der Waals surface area (Å²) >= 11 is 0. The molecule has 24 heavy (non-hydrogen) atoms. The van der Waals surface area contributed by atoms with E-state index in [0.29, 0.717) is 5.56 Å². The van der Waals surface area contributed by atoms with Crippen LogP contribution in [0.4, 0.5) is 10.1 Å². The third-order valence-corrected chi connectivity index (χ3v) is 2.97. The Morgan fingerprint density at radius 2 is 1.58 bits per heavy atom. The molecule has 0 fully saturated rings. The fourth-order valence-corrected chi connectivity index (χ4v) is 1.91. The van der Waals surface area contributed by atoms with Crippen LogP contribution >= 0.6 is 0 Å². The van der Waals surface area contributed by atoms with Gasteiger partial charge in [0, 0.05) is 11.8 Å². The number of amides is 1. The lowest BCUT2D eigenvalue weighted by atomic mass is 10.1. The van der Waals surface area contributed by atoms with E-state index in [1.54, 1.807) is 6.07 Å². The highest BCUT2D eigenvalue weighted by Gasteiger charge is 2.12. The molecular weight excluding hydrogens is 317 g/mol. The number of rotatable bonds is 5. The van der Waals surface area contributed by atoms with Crippen molar-refractivity contribution >= 4 is 29.6 Å². The smallest absolute Gasteiger partial charge is 0.335 e. The maximum Gasteiger partial charge on any atom is 0.335 e. The molecule has 6 nitrogen and oxygen atoms in total. The van der Waals surface area contributed by atoms with E-state index in [-0.39, 0.29) is 16.8 Å². The first-order chi connectivity index (χ1) is 11.3. The van der Waals surface area contributed by atoms with Gasteiger partial charge in [0.1, 0.15) is 5.82 Å². The van der Waals surface area contributed by atoms with Crippen molar-refractivity contribution in [3.8, 4) is 0 Å². The molecule has 0 aliphatic rings. The molecule has 0 bridgehead atoms. The number of carbonyl (C=O) groups is 3. The Kier molecular flexibility index (Phi) is 5.06. The molecule has 0 radical (unpaired) electrons. The van der Waals surface area contributed by atoms with Crippen LogP contribution in [-0.4, -0.2) is 28.1 Å². The second-order valence-electron chi connectivity index (χ2n) is 4.79. The predicted octanol–water partition coefficient (Wildman–Crippen LogP) is 2.87. The Morgan fingerprint density at radius 1 is 0.958 bits per heavy atom. The Balaban J connectivity index is 2.19. The number of benzene rings is 2. The number of aromatic carboxylic acids is 2. The fraction of sp³-hybridized carbons (Fsp3) is 0. The monoisotopic (exact) mass is 329 g/mol. The maximum absolute atomic E-state index is 13.0. The zero-order valence-corrected chi connectivity index (χ0v) is 12.2. The van der Waals surface area contributed by atoms with Gasteiger partial charge in [-0.2, -0.15) is 0 Å². The minimum absolute atomic E-state index is 0.0289. The van der Waals surface area contributed by atoms with Crippen molar-refractivity contribution in [2.75, 3.05) is 5.32 Å². The zero-order chi connectivity index (χ0) is 17.7. The highest BCUT2D eigenvalue weighted by molar-refractivity contribution is 6.04. The van der Waals surface area contributed by atoms with Gasteiger partial charge in [-0.25, -0.2) is 14.0 Å². The van der Waals surface area contributed by atoms with Crippen molar-refractivity contribution in [3.63, 3.8) is 0 Å². The third kappa shape index (κ3) is 4.51. The van der Waals surface area contributed by atoms with E-state index in [0.717, 1.165) is 24.3 Å². The van der Waals surface area contributed by atoms with E-state index in [9.17, 15) is 18.8 Å². The molecule has 2 aromatic rings. The molecule has 0 atom stereocenters. The molecule has 0 spiro atoms. The second kappa shape index (κ2) is 7.19. The number of hydrogen-bond acceptors (Lipinski definition) is 3. The standard InChI is InChI=1S/C17H12FNO5/c18-13-3-1-2-10(6-13)4-5-15(20)19-14-8-11(16(21)22)7-12(9-14)17(23)24/h1-9H,(H,19,20)(H,21,22)(H,23,24)/b5-4+. The van der Waals surface area contributed by atoms with Gasteiger partial charge in [0.2, 0.25) is 5.91 Å². The third-order valence-electron chi connectivity index (χ3n) is 2.97. The lowest BCUT2D eigenvalue weighted by Gasteiger charge is -2.06. The number of hydrogen-bond donors (Lipinski definition) is 3. The van der Waals surface area contributed by atoms with Crippen molar-refractivity contribution < 1.29 is 29.0 Å². The number of halogens is 1. The van der Waals surface area contributed by atoms with Gasteiger partial charge in [-0.05, 0) is 42.0 Å². The first-order valence-corrected chi connectivity index (χ1v) is 6.71. The van der Waals surface area contributed by atoms with Crippen LogP contribution in [0.3, 0.4) is 0 Å². The number of nitrogens with one attached hydrogen (secondary N) is 1. The van der Waals surface area contributed by atoms with Crippen LogP contribution in [0.5, 0.6) is 0 Å². The summed E-state index contributed by atoms with van der Waals surface area (Å²) in [6, 6.07) is 8.86. The Labute approximate surface area is 135 Å². The zero-order valence-electron chi connectivity index (χ0n) is 12.2. The average molecular weight is 329 g/mol. The van der Waals surface area contributed by atoms with E-state index in [1.165, 1.54) is 24.3 Å². The number of anilines is 1. The summed E-state index contributed by atoms with van der Waals surface area (Å²) in [6.07, 6.45) is 2.50. The molecule has 0 saturated carbocycles. The molecule has 3 N–H and O–H groups in total.